The van der Waals surface area contributed by atoms with Gasteiger partial charge in [0, 0.05) is 49.8 Å². The van der Waals surface area contributed by atoms with Crippen LogP contribution in [0.4, 0.5) is 4.79 Å². The largest absolute Gasteiger partial charge is 0.431 e. The molecule has 7 heteroatoms. The van der Waals surface area contributed by atoms with Crippen LogP contribution in [0, 0.1) is 5.92 Å². The van der Waals surface area contributed by atoms with Crippen LogP contribution in [0.2, 0.25) is 0 Å². The maximum atomic E-state index is 13.4. The summed E-state index contributed by atoms with van der Waals surface area (Å²) in [6, 6.07) is 19.3. The number of piperazine rings is 1. The lowest BCUT2D eigenvalue weighted by Gasteiger charge is -2.43. The summed E-state index contributed by atoms with van der Waals surface area (Å²) in [5.41, 5.74) is 0.834. The lowest BCUT2D eigenvalue weighted by atomic mass is 9.79. The SMILES string of the molecule is O=CN1CCC(C(=O)N2CCN3C(=O)OC(c4ccccc4)(c4ccccc4)C3C2)CC1. The van der Waals surface area contributed by atoms with E-state index in [1.54, 1.807) is 9.80 Å². The average molecular weight is 434 g/mol. The van der Waals surface area contributed by atoms with Crippen LogP contribution in [0.3, 0.4) is 0 Å². The Morgan fingerprint density at radius 3 is 2.06 bits per heavy atom. The fourth-order valence-electron chi connectivity index (χ4n) is 5.36. The van der Waals surface area contributed by atoms with Crippen molar-refractivity contribution in [2.75, 3.05) is 32.7 Å². The number of hydrogen-bond donors (Lipinski definition) is 0. The van der Waals surface area contributed by atoms with E-state index in [9.17, 15) is 14.4 Å². The Morgan fingerprint density at radius 1 is 0.906 bits per heavy atom. The zero-order chi connectivity index (χ0) is 22.1. The van der Waals surface area contributed by atoms with Crippen molar-refractivity contribution in [2.24, 2.45) is 5.92 Å². The quantitative estimate of drug-likeness (QED) is 0.695. The summed E-state index contributed by atoms with van der Waals surface area (Å²) < 4.78 is 6.17. The van der Waals surface area contributed by atoms with Crippen LogP contribution in [0.1, 0.15) is 24.0 Å². The van der Waals surface area contributed by atoms with Crippen molar-refractivity contribution in [2.45, 2.75) is 24.5 Å². The molecule has 3 heterocycles. The predicted octanol–water partition coefficient (Wildman–Crippen LogP) is 2.46. The molecular weight excluding hydrogens is 406 g/mol. The minimum Gasteiger partial charge on any atom is -0.431 e. The number of piperidine rings is 1. The van der Waals surface area contributed by atoms with E-state index >= 15 is 0 Å². The van der Waals surface area contributed by atoms with Crippen LogP contribution in [-0.4, -0.2) is 71.9 Å². The van der Waals surface area contributed by atoms with Crippen LogP contribution < -0.4 is 0 Å². The number of benzene rings is 2. The van der Waals surface area contributed by atoms with Crippen LogP contribution in [-0.2, 0) is 19.9 Å². The third-order valence-electron chi connectivity index (χ3n) is 7.08. The summed E-state index contributed by atoms with van der Waals surface area (Å²) >= 11 is 0. The number of nitrogens with zero attached hydrogens (tertiary/aromatic N) is 3. The first-order valence-corrected chi connectivity index (χ1v) is 11.2. The predicted molar refractivity (Wildman–Crippen MR) is 118 cm³/mol. The van der Waals surface area contributed by atoms with Gasteiger partial charge in [0.1, 0.15) is 6.04 Å². The van der Waals surface area contributed by atoms with E-state index in [1.807, 2.05) is 65.6 Å². The number of hydrogen-bond acceptors (Lipinski definition) is 4. The first-order valence-electron chi connectivity index (χ1n) is 11.2. The molecule has 0 aromatic heterocycles. The van der Waals surface area contributed by atoms with Crippen molar-refractivity contribution < 1.29 is 19.1 Å². The van der Waals surface area contributed by atoms with E-state index in [4.69, 9.17) is 4.74 Å². The van der Waals surface area contributed by atoms with Gasteiger partial charge in [0.15, 0.2) is 5.60 Å². The smallest absolute Gasteiger partial charge is 0.411 e. The Bertz CT molecular complexity index is 949. The molecule has 3 fully saturated rings. The van der Waals surface area contributed by atoms with Crippen molar-refractivity contribution in [1.29, 1.82) is 0 Å². The van der Waals surface area contributed by atoms with Crippen LogP contribution in [0.15, 0.2) is 60.7 Å². The Balaban J connectivity index is 1.47. The van der Waals surface area contributed by atoms with Gasteiger partial charge in [0.25, 0.3) is 0 Å². The molecule has 32 heavy (non-hydrogen) atoms. The molecule has 3 aliphatic rings. The van der Waals surface area contributed by atoms with Crippen LogP contribution in [0.5, 0.6) is 0 Å². The van der Waals surface area contributed by atoms with Crippen molar-refractivity contribution in [3.05, 3.63) is 71.8 Å². The van der Waals surface area contributed by atoms with Crippen molar-refractivity contribution >= 4 is 18.4 Å². The third kappa shape index (κ3) is 3.32. The Kier molecular flexibility index (Phi) is 5.33. The lowest BCUT2D eigenvalue weighted by Crippen LogP contribution is -2.59. The molecule has 0 aliphatic carbocycles. The summed E-state index contributed by atoms with van der Waals surface area (Å²) in [6.45, 7) is 2.59. The molecule has 166 valence electrons. The summed E-state index contributed by atoms with van der Waals surface area (Å²) in [5, 5.41) is 0. The second-order valence-corrected chi connectivity index (χ2v) is 8.74. The van der Waals surface area contributed by atoms with E-state index in [0.717, 1.165) is 17.5 Å². The summed E-state index contributed by atoms with van der Waals surface area (Å²) in [6.07, 6.45) is 1.88. The number of likely N-dealkylation sites (tertiary alicyclic amines) is 1. The number of ether oxygens (including phenoxy) is 1. The topological polar surface area (TPSA) is 70.2 Å². The molecule has 5 rings (SSSR count). The molecule has 7 nitrogen and oxygen atoms in total. The van der Waals surface area contributed by atoms with Gasteiger partial charge in [-0.1, -0.05) is 60.7 Å². The van der Waals surface area contributed by atoms with E-state index in [0.29, 0.717) is 45.6 Å². The van der Waals surface area contributed by atoms with Gasteiger partial charge >= 0.3 is 6.09 Å². The monoisotopic (exact) mass is 433 g/mol. The molecule has 1 unspecified atom stereocenters. The van der Waals surface area contributed by atoms with Crippen molar-refractivity contribution in [3.63, 3.8) is 0 Å². The first kappa shape index (κ1) is 20.5. The first-order chi connectivity index (χ1) is 15.6. The number of carbonyl (C=O) groups is 3. The fraction of sp³-hybridized carbons (Fsp3) is 0.400. The van der Waals surface area contributed by atoms with Gasteiger partial charge in [0.05, 0.1) is 0 Å². The average Bonchev–Trinajstić information content (AvgIpc) is 3.17. The van der Waals surface area contributed by atoms with Crippen molar-refractivity contribution in [3.8, 4) is 0 Å². The second-order valence-electron chi connectivity index (χ2n) is 8.74. The van der Waals surface area contributed by atoms with E-state index in [2.05, 4.69) is 0 Å². The maximum Gasteiger partial charge on any atom is 0.411 e. The van der Waals surface area contributed by atoms with Gasteiger partial charge in [-0.05, 0) is 12.8 Å². The molecule has 0 saturated carbocycles. The molecule has 2 aromatic rings. The number of carbonyl (C=O) groups excluding carboxylic acids is 3. The summed E-state index contributed by atoms with van der Waals surface area (Å²) in [7, 11) is 0. The molecule has 0 N–H and O–H groups in total. The minimum atomic E-state index is -0.973. The Morgan fingerprint density at radius 2 is 1.50 bits per heavy atom. The van der Waals surface area contributed by atoms with E-state index in [-0.39, 0.29) is 24.0 Å². The zero-order valence-electron chi connectivity index (χ0n) is 17.9. The summed E-state index contributed by atoms with van der Waals surface area (Å²) in [5.74, 6) is 0.0307. The molecule has 3 saturated heterocycles. The third-order valence-corrected chi connectivity index (χ3v) is 7.08. The molecule has 0 radical (unpaired) electrons. The van der Waals surface area contributed by atoms with Gasteiger partial charge in [-0.15, -0.1) is 0 Å². The molecule has 1 atom stereocenters. The highest BCUT2D eigenvalue weighted by Crippen LogP contribution is 2.45. The zero-order valence-corrected chi connectivity index (χ0v) is 17.9. The Labute approximate surface area is 187 Å². The van der Waals surface area contributed by atoms with Crippen LogP contribution in [0.25, 0.3) is 0 Å². The normalized spacial score (nSPS) is 22.9. The summed E-state index contributed by atoms with van der Waals surface area (Å²) in [4.78, 5) is 42.8. The highest BCUT2D eigenvalue weighted by molar-refractivity contribution is 5.80. The second kappa shape index (κ2) is 8.30. The molecular formula is C25H27N3O4. The highest BCUT2D eigenvalue weighted by atomic mass is 16.6. The minimum absolute atomic E-state index is 0.0846. The molecule has 3 amide bonds. The number of rotatable bonds is 4. The fourth-order valence-corrected chi connectivity index (χ4v) is 5.36. The Hall–Kier alpha value is -3.35. The number of fused-ring (bicyclic) bond motifs is 1. The van der Waals surface area contributed by atoms with Gasteiger partial charge in [-0.25, -0.2) is 4.79 Å². The van der Waals surface area contributed by atoms with E-state index in [1.165, 1.54) is 0 Å². The van der Waals surface area contributed by atoms with Gasteiger partial charge in [-0.3, -0.25) is 14.5 Å². The molecule has 0 bridgehead atoms. The number of amides is 3. The van der Waals surface area contributed by atoms with Gasteiger partial charge in [-0.2, -0.15) is 0 Å². The van der Waals surface area contributed by atoms with Gasteiger partial charge in [0.2, 0.25) is 12.3 Å². The molecule has 0 spiro atoms. The van der Waals surface area contributed by atoms with Crippen LogP contribution >= 0.6 is 0 Å². The lowest BCUT2D eigenvalue weighted by molar-refractivity contribution is -0.141. The highest BCUT2D eigenvalue weighted by Gasteiger charge is 2.58. The number of cyclic esters (lactones) is 1. The van der Waals surface area contributed by atoms with E-state index < -0.39 is 5.60 Å². The molecule has 3 aliphatic heterocycles. The standard InChI is InChI=1S/C25H27N3O4/c29-18-26-13-11-19(12-14-26)23(30)27-15-16-28-22(17-27)25(32-24(28)31,20-7-3-1-4-8-20)21-9-5-2-6-10-21/h1-10,18-19,22H,11-17H2. The maximum absolute atomic E-state index is 13.4. The van der Waals surface area contributed by atoms with Crippen molar-refractivity contribution in [1.82, 2.24) is 14.7 Å². The molecule has 2 aromatic carbocycles. The van der Waals surface area contributed by atoms with Gasteiger partial charge < -0.3 is 14.5 Å².